The minimum atomic E-state index is -1.02. The van der Waals surface area contributed by atoms with Gasteiger partial charge in [-0.25, -0.2) is 9.18 Å². The minimum Gasteiger partial charge on any atom is -0.465 e. The van der Waals surface area contributed by atoms with E-state index in [9.17, 15) is 9.18 Å². The van der Waals surface area contributed by atoms with Crippen LogP contribution in [0.2, 0.25) is 0 Å². The Morgan fingerprint density at radius 1 is 1.75 bits per heavy atom. The second-order valence-corrected chi connectivity index (χ2v) is 2.92. The van der Waals surface area contributed by atoms with Crippen molar-refractivity contribution in [1.82, 2.24) is 10.2 Å². The number of hydrogen-bond acceptors (Lipinski definition) is 2. The fraction of sp³-hybridized carbons (Fsp3) is 0.857. The van der Waals surface area contributed by atoms with Crippen LogP contribution >= 0.6 is 0 Å². The largest absolute Gasteiger partial charge is 0.465 e. The molecule has 12 heavy (non-hydrogen) atoms. The molecule has 1 saturated heterocycles. The number of carboxylic acid groups (broad SMARTS) is 1. The van der Waals surface area contributed by atoms with Crippen LogP contribution in [0, 0.1) is 0 Å². The number of amides is 1. The van der Waals surface area contributed by atoms with E-state index in [-0.39, 0.29) is 0 Å². The van der Waals surface area contributed by atoms with Gasteiger partial charge in [0.2, 0.25) is 0 Å². The van der Waals surface area contributed by atoms with Gasteiger partial charge in [0.05, 0.1) is 0 Å². The summed E-state index contributed by atoms with van der Waals surface area (Å²) in [4.78, 5) is 12.0. The molecule has 4 nitrogen and oxygen atoms in total. The Kier molecular flexibility index (Phi) is 3.28. The summed E-state index contributed by atoms with van der Waals surface area (Å²) < 4.78 is 12.6. The predicted octanol–water partition coefficient (Wildman–Crippen LogP) is 0.298. The van der Waals surface area contributed by atoms with Gasteiger partial charge in [-0.3, -0.25) is 4.90 Å². The van der Waals surface area contributed by atoms with Gasteiger partial charge in [0.15, 0.2) is 0 Å². The van der Waals surface area contributed by atoms with Crippen LogP contribution in [0.1, 0.15) is 6.42 Å². The summed E-state index contributed by atoms with van der Waals surface area (Å²) in [6.07, 6.45) is -1.17. The van der Waals surface area contributed by atoms with Crippen molar-refractivity contribution in [3.8, 4) is 0 Å². The molecule has 0 unspecified atom stereocenters. The number of nitrogens with zero attached hydrogens (tertiary/aromatic N) is 1. The fourth-order valence-corrected chi connectivity index (χ4v) is 1.31. The third-order valence-corrected chi connectivity index (χ3v) is 1.92. The van der Waals surface area contributed by atoms with Crippen LogP contribution in [0.4, 0.5) is 9.18 Å². The van der Waals surface area contributed by atoms with E-state index in [1.54, 1.807) is 0 Å². The van der Waals surface area contributed by atoms with E-state index in [0.29, 0.717) is 26.1 Å². The monoisotopic (exact) mass is 176 g/mol. The quantitative estimate of drug-likeness (QED) is 0.650. The molecule has 1 aliphatic heterocycles. The van der Waals surface area contributed by atoms with Crippen molar-refractivity contribution in [3.63, 3.8) is 0 Å². The van der Waals surface area contributed by atoms with Gasteiger partial charge in [-0.15, -0.1) is 0 Å². The zero-order valence-electron chi connectivity index (χ0n) is 6.79. The van der Waals surface area contributed by atoms with E-state index in [1.807, 2.05) is 4.90 Å². The molecule has 0 aromatic carbocycles. The summed E-state index contributed by atoms with van der Waals surface area (Å²) in [5, 5.41) is 10.5. The molecular formula is C7H13FN2O2. The molecule has 0 aromatic rings. The van der Waals surface area contributed by atoms with Crippen LogP contribution in [0.5, 0.6) is 0 Å². The van der Waals surface area contributed by atoms with Crippen molar-refractivity contribution in [2.75, 3.05) is 26.2 Å². The smallest absolute Gasteiger partial charge is 0.404 e. The van der Waals surface area contributed by atoms with E-state index in [0.717, 1.165) is 6.54 Å². The van der Waals surface area contributed by atoms with E-state index >= 15 is 0 Å². The molecule has 70 valence electrons. The first-order valence-electron chi connectivity index (χ1n) is 4.01. The molecule has 1 heterocycles. The maximum absolute atomic E-state index is 12.6. The molecule has 0 aliphatic carbocycles. The fourth-order valence-electron chi connectivity index (χ4n) is 1.31. The van der Waals surface area contributed by atoms with Gasteiger partial charge < -0.3 is 10.4 Å². The lowest BCUT2D eigenvalue weighted by molar-refractivity contribution is 0.192. The number of halogens is 1. The molecule has 2 N–H and O–H groups in total. The molecule has 1 aliphatic rings. The Bertz CT molecular complexity index is 165. The predicted molar refractivity (Wildman–Crippen MR) is 42.0 cm³/mol. The summed E-state index contributed by atoms with van der Waals surface area (Å²) in [6, 6.07) is 0. The molecule has 0 radical (unpaired) electrons. The Labute approximate surface area is 70.4 Å². The summed E-state index contributed by atoms with van der Waals surface area (Å²) >= 11 is 0. The van der Waals surface area contributed by atoms with Crippen LogP contribution in [0.15, 0.2) is 0 Å². The standard InChI is InChI=1S/C7H13FN2O2/c8-6-1-3-10(5-6)4-2-9-7(11)12/h6,9H,1-5H2,(H,11,12)/t6-/m1/s1. The van der Waals surface area contributed by atoms with Crippen molar-refractivity contribution < 1.29 is 14.3 Å². The molecule has 0 spiro atoms. The van der Waals surface area contributed by atoms with Gasteiger partial charge in [-0.05, 0) is 6.42 Å². The van der Waals surface area contributed by atoms with Crippen LogP contribution < -0.4 is 5.32 Å². The Morgan fingerprint density at radius 3 is 3.00 bits per heavy atom. The molecule has 0 bridgehead atoms. The first kappa shape index (κ1) is 9.25. The van der Waals surface area contributed by atoms with E-state index in [1.165, 1.54) is 0 Å². The maximum atomic E-state index is 12.6. The molecular weight excluding hydrogens is 163 g/mol. The van der Waals surface area contributed by atoms with Gasteiger partial charge in [-0.1, -0.05) is 0 Å². The van der Waals surface area contributed by atoms with Crippen molar-refractivity contribution >= 4 is 6.09 Å². The summed E-state index contributed by atoms with van der Waals surface area (Å²) in [5.74, 6) is 0. The van der Waals surface area contributed by atoms with E-state index < -0.39 is 12.3 Å². The van der Waals surface area contributed by atoms with Crippen molar-refractivity contribution in [2.24, 2.45) is 0 Å². The van der Waals surface area contributed by atoms with E-state index in [2.05, 4.69) is 5.32 Å². The first-order valence-corrected chi connectivity index (χ1v) is 4.01. The average Bonchev–Trinajstić information content (AvgIpc) is 2.35. The maximum Gasteiger partial charge on any atom is 0.404 e. The van der Waals surface area contributed by atoms with Crippen molar-refractivity contribution in [3.05, 3.63) is 0 Å². The first-order chi connectivity index (χ1) is 5.68. The van der Waals surface area contributed by atoms with Crippen molar-refractivity contribution in [2.45, 2.75) is 12.6 Å². The number of hydrogen-bond donors (Lipinski definition) is 2. The molecule has 1 amide bonds. The Hall–Kier alpha value is -0.840. The number of rotatable bonds is 3. The highest BCUT2D eigenvalue weighted by Gasteiger charge is 2.20. The van der Waals surface area contributed by atoms with Crippen LogP contribution in [-0.4, -0.2) is 48.5 Å². The normalized spacial score (nSPS) is 24.2. The SMILES string of the molecule is O=C(O)NCCN1CC[C@@H](F)C1. The van der Waals surface area contributed by atoms with Crippen LogP contribution in [0.3, 0.4) is 0 Å². The number of alkyl halides is 1. The van der Waals surface area contributed by atoms with Crippen LogP contribution in [-0.2, 0) is 0 Å². The molecule has 0 saturated carbocycles. The third-order valence-electron chi connectivity index (χ3n) is 1.92. The summed E-state index contributed by atoms with van der Waals surface area (Å²) in [7, 11) is 0. The molecule has 1 fully saturated rings. The van der Waals surface area contributed by atoms with Crippen LogP contribution in [0.25, 0.3) is 0 Å². The van der Waals surface area contributed by atoms with E-state index in [4.69, 9.17) is 5.11 Å². The lowest BCUT2D eigenvalue weighted by Crippen LogP contribution is -2.33. The highest BCUT2D eigenvalue weighted by Crippen LogP contribution is 2.10. The molecule has 0 aromatic heterocycles. The number of nitrogens with one attached hydrogen (secondary N) is 1. The zero-order valence-corrected chi connectivity index (χ0v) is 6.79. The third kappa shape index (κ3) is 3.04. The van der Waals surface area contributed by atoms with Gasteiger partial charge in [-0.2, -0.15) is 0 Å². The molecule has 1 atom stereocenters. The number of carbonyl (C=O) groups is 1. The van der Waals surface area contributed by atoms with Crippen molar-refractivity contribution in [1.29, 1.82) is 0 Å². The Balaban J connectivity index is 2.04. The molecule has 1 rings (SSSR count). The van der Waals surface area contributed by atoms with Gasteiger partial charge in [0, 0.05) is 26.2 Å². The van der Waals surface area contributed by atoms with Gasteiger partial charge in [0.1, 0.15) is 6.17 Å². The Morgan fingerprint density at radius 2 is 2.50 bits per heavy atom. The summed E-state index contributed by atoms with van der Waals surface area (Å²) in [5.41, 5.74) is 0. The summed E-state index contributed by atoms with van der Waals surface area (Å²) in [6.45, 7) is 2.17. The van der Waals surface area contributed by atoms with Gasteiger partial charge >= 0.3 is 6.09 Å². The number of likely N-dealkylation sites (tertiary alicyclic amines) is 1. The minimum absolute atomic E-state index is 0.377. The topological polar surface area (TPSA) is 52.6 Å². The highest BCUT2D eigenvalue weighted by molar-refractivity contribution is 5.64. The average molecular weight is 176 g/mol. The lowest BCUT2D eigenvalue weighted by Gasteiger charge is -2.13. The second kappa shape index (κ2) is 4.25. The lowest BCUT2D eigenvalue weighted by atomic mass is 10.3. The zero-order chi connectivity index (χ0) is 8.97. The molecule has 5 heteroatoms. The second-order valence-electron chi connectivity index (χ2n) is 2.92. The van der Waals surface area contributed by atoms with Gasteiger partial charge in [0.25, 0.3) is 0 Å². The highest BCUT2D eigenvalue weighted by atomic mass is 19.1.